The van der Waals surface area contributed by atoms with Crippen LogP contribution in [0.4, 0.5) is 0 Å². The van der Waals surface area contributed by atoms with Gasteiger partial charge in [-0.2, -0.15) is 5.10 Å². The quantitative estimate of drug-likeness (QED) is 0.0839. The molecule has 1 heterocycles. The summed E-state index contributed by atoms with van der Waals surface area (Å²) in [5.74, 6) is -5.04. The number of phenolic OH excluding ortho intramolecular Hbond substituents is 2. The number of fused-ring (bicyclic) bond motifs is 3. The van der Waals surface area contributed by atoms with Crippen molar-refractivity contribution in [3.8, 4) is 17.2 Å². The number of phenols is 2. The van der Waals surface area contributed by atoms with Crippen LogP contribution in [0.25, 0.3) is 0 Å². The molecule has 1 fully saturated rings. The van der Waals surface area contributed by atoms with Crippen LogP contribution in [0.1, 0.15) is 81.7 Å². The number of amides is 1. The molecule has 0 aromatic heterocycles. The number of hydrogen-bond acceptors (Lipinski definition) is 14. The van der Waals surface area contributed by atoms with Gasteiger partial charge in [-0.15, -0.1) is 0 Å². The second-order valence-corrected chi connectivity index (χ2v) is 11.7. The van der Waals surface area contributed by atoms with E-state index in [2.05, 4.69) is 10.5 Å². The number of hydrogen-bond donors (Lipinski definition) is 8. The molecule has 3 aliphatic rings. The first-order valence-electron chi connectivity index (χ1n) is 14.7. The van der Waals surface area contributed by atoms with E-state index in [1.54, 1.807) is 6.92 Å². The summed E-state index contributed by atoms with van der Waals surface area (Å²) < 4.78 is 17.2. The second-order valence-electron chi connectivity index (χ2n) is 11.7. The molecule has 0 saturated carbocycles. The van der Waals surface area contributed by atoms with Crippen LogP contribution in [0.5, 0.6) is 17.2 Å². The summed E-state index contributed by atoms with van der Waals surface area (Å²) in [6.45, 7) is 0.637. The number of aliphatic carboxylic acids is 1. The van der Waals surface area contributed by atoms with Crippen molar-refractivity contribution in [2.75, 3.05) is 13.7 Å². The van der Waals surface area contributed by atoms with Crippen LogP contribution in [0.15, 0.2) is 23.3 Å². The van der Waals surface area contributed by atoms with E-state index >= 15 is 0 Å². The highest BCUT2D eigenvalue weighted by molar-refractivity contribution is 6.31. The van der Waals surface area contributed by atoms with E-state index in [9.17, 15) is 44.7 Å². The largest absolute Gasteiger partial charge is 0.507 e. The van der Waals surface area contributed by atoms with Crippen LogP contribution in [0.2, 0.25) is 0 Å². The molecular weight excluding hydrogens is 622 g/mol. The lowest BCUT2D eigenvalue weighted by Crippen LogP contribution is -2.53. The molecule has 6 atom stereocenters. The highest BCUT2D eigenvalue weighted by Crippen LogP contribution is 2.52. The Hall–Kier alpha value is -4.45. The Morgan fingerprint density at radius 3 is 2.47 bits per heavy atom. The van der Waals surface area contributed by atoms with Gasteiger partial charge in [0, 0.05) is 48.4 Å². The van der Waals surface area contributed by atoms with Gasteiger partial charge < -0.3 is 50.6 Å². The van der Waals surface area contributed by atoms with Crippen molar-refractivity contribution < 1.29 is 64.0 Å². The molecule has 1 aliphatic heterocycles. The molecule has 1 saturated heterocycles. The molecular formula is C31H35N3O13. The van der Waals surface area contributed by atoms with Gasteiger partial charge in [0.05, 0.1) is 60.9 Å². The van der Waals surface area contributed by atoms with Gasteiger partial charge in [0.25, 0.3) is 0 Å². The molecule has 2 aromatic carbocycles. The summed E-state index contributed by atoms with van der Waals surface area (Å²) in [7, 11) is 1.31. The number of carboxylic acid groups (broad SMARTS) is 1. The fraction of sp³-hybridized carbons (Fsp3) is 0.452. The summed E-state index contributed by atoms with van der Waals surface area (Å²) in [6.07, 6.45) is -6.37. The van der Waals surface area contributed by atoms with Crippen LogP contribution in [0, 0.1) is 0 Å². The Morgan fingerprint density at radius 2 is 1.83 bits per heavy atom. The number of nitrogens with zero attached hydrogens (tertiary/aromatic N) is 1. The zero-order valence-corrected chi connectivity index (χ0v) is 25.4. The Morgan fingerprint density at radius 1 is 1.13 bits per heavy atom. The number of benzene rings is 2. The van der Waals surface area contributed by atoms with Gasteiger partial charge >= 0.3 is 5.97 Å². The Bertz CT molecular complexity index is 1660. The molecule has 2 aromatic rings. The fourth-order valence-electron chi connectivity index (χ4n) is 6.30. The monoisotopic (exact) mass is 657 g/mol. The van der Waals surface area contributed by atoms with Gasteiger partial charge in [-0.3, -0.25) is 19.2 Å². The maximum Gasteiger partial charge on any atom is 0.303 e. The number of hydrazone groups is 1. The predicted octanol–water partition coefficient (Wildman–Crippen LogP) is -0.231. The number of aliphatic hydroxyl groups is 3. The van der Waals surface area contributed by atoms with Crippen LogP contribution in [-0.4, -0.2) is 104 Å². The molecule has 4 unspecified atom stereocenters. The lowest BCUT2D eigenvalue weighted by Gasteiger charge is -2.43. The van der Waals surface area contributed by atoms with Gasteiger partial charge in [0.2, 0.25) is 11.7 Å². The minimum atomic E-state index is -2.20. The summed E-state index contributed by atoms with van der Waals surface area (Å²) in [6, 6.07) is 3.52. The van der Waals surface area contributed by atoms with Crippen LogP contribution >= 0.6 is 0 Å². The van der Waals surface area contributed by atoms with Gasteiger partial charge in [0.1, 0.15) is 22.8 Å². The Kier molecular flexibility index (Phi) is 9.36. The first-order chi connectivity index (χ1) is 22.2. The lowest BCUT2D eigenvalue weighted by molar-refractivity contribution is -0.245. The maximum absolute atomic E-state index is 13.8. The molecule has 47 heavy (non-hydrogen) atoms. The molecule has 16 nitrogen and oxygen atoms in total. The number of carbonyl (C=O) groups excluding carboxylic acids is 3. The third-order valence-electron chi connectivity index (χ3n) is 8.71. The van der Waals surface area contributed by atoms with Crippen molar-refractivity contribution in [1.82, 2.24) is 5.43 Å². The van der Waals surface area contributed by atoms with Crippen molar-refractivity contribution in [3.05, 3.63) is 51.6 Å². The molecule has 2 aliphatic carbocycles. The highest BCUT2D eigenvalue weighted by Gasteiger charge is 2.49. The van der Waals surface area contributed by atoms with Crippen molar-refractivity contribution in [3.63, 3.8) is 0 Å². The number of carboxylic acids is 1. The van der Waals surface area contributed by atoms with Crippen LogP contribution < -0.4 is 15.9 Å². The van der Waals surface area contributed by atoms with Crippen LogP contribution in [0.3, 0.4) is 0 Å². The first kappa shape index (κ1) is 33.9. The van der Waals surface area contributed by atoms with Gasteiger partial charge in [-0.05, 0) is 13.0 Å². The number of nitrogens with one attached hydrogen (secondary N) is 1. The number of ketones is 2. The second kappa shape index (κ2) is 13.0. The fourth-order valence-corrected chi connectivity index (χ4v) is 6.30. The van der Waals surface area contributed by atoms with Gasteiger partial charge in [-0.1, -0.05) is 12.1 Å². The van der Waals surface area contributed by atoms with E-state index < -0.39 is 120 Å². The third-order valence-corrected chi connectivity index (χ3v) is 8.71. The molecule has 0 spiro atoms. The summed E-state index contributed by atoms with van der Waals surface area (Å²) in [5, 5.41) is 68.4. The minimum Gasteiger partial charge on any atom is -0.507 e. The normalized spacial score (nSPS) is 27.0. The SMILES string of the molecule is COc1cccc2c1C(=O)c1c(O)c3c(c(O)c1C2=O)C[C@@](O)(C(CO)=NNC(=O)CCC(=O)O)C[C@@H]3OC1CC(N)C(O)C(C)O1. The Balaban J connectivity index is 1.63. The number of methoxy groups -OCH3 is 1. The summed E-state index contributed by atoms with van der Waals surface area (Å²) in [5.41, 5.74) is 3.95. The molecule has 16 heteroatoms. The third kappa shape index (κ3) is 6.06. The smallest absolute Gasteiger partial charge is 0.303 e. The van der Waals surface area contributed by atoms with Gasteiger partial charge in [-0.25, -0.2) is 5.43 Å². The molecule has 252 valence electrons. The van der Waals surface area contributed by atoms with Crippen molar-refractivity contribution in [1.29, 1.82) is 0 Å². The number of aromatic hydroxyl groups is 2. The highest BCUT2D eigenvalue weighted by atomic mass is 16.7. The average molecular weight is 658 g/mol. The predicted molar refractivity (Wildman–Crippen MR) is 159 cm³/mol. The summed E-state index contributed by atoms with van der Waals surface area (Å²) in [4.78, 5) is 50.6. The van der Waals surface area contributed by atoms with E-state index in [1.165, 1.54) is 25.3 Å². The molecule has 1 amide bonds. The lowest BCUT2D eigenvalue weighted by atomic mass is 9.71. The molecule has 0 bridgehead atoms. The van der Waals surface area contributed by atoms with Crippen LogP contribution in [-0.2, 0) is 25.5 Å². The zero-order valence-electron chi connectivity index (χ0n) is 25.4. The van der Waals surface area contributed by atoms with Gasteiger partial charge in [0.15, 0.2) is 12.1 Å². The topological polar surface area (TPSA) is 268 Å². The molecule has 9 N–H and O–H groups in total. The number of rotatable bonds is 9. The van der Waals surface area contributed by atoms with E-state index in [4.69, 9.17) is 25.1 Å². The van der Waals surface area contributed by atoms with E-state index in [0.29, 0.717) is 0 Å². The van der Waals surface area contributed by atoms with E-state index in [0.717, 1.165) is 0 Å². The number of aliphatic hydroxyl groups excluding tert-OH is 2. The number of ether oxygens (including phenoxy) is 3. The first-order valence-corrected chi connectivity index (χ1v) is 14.7. The maximum atomic E-state index is 13.8. The number of carbonyl (C=O) groups is 4. The minimum absolute atomic E-state index is 0.0317. The van der Waals surface area contributed by atoms with E-state index in [-0.39, 0.29) is 34.4 Å². The zero-order chi connectivity index (χ0) is 34.4. The summed E-state index contributed by atoms with van der Waals surface area (Å²) >= 11 is 0. The molecule has 0 radical (unpaired) electrons. The van der Waals surface area contributed by atoms with Crippen molar-refractivity contribution in [2.24, 2.45) is 10.8 Å². The standard InChI is InChI=1S/C31H35N3O13/c1-12-26(39)15(32)8-21(46-12)47-17-10-31(44,18(11-35)33-34-19(36)6-7-20(37)38)9-14-23(17)30(43)25-24(28(14)41)27(40)13-4-3-5-16(45-2)22(13)29(25)42/h3-5,12,15,17,21,26,35,39,41,43-44H,6-11,32H2,1-2H3,(H,34,36)(H,37,38)/t12?,15?,17-,21?,26?,31-/m0/s1. The Labute approximate surface area is 267 Å². The van der Waals surface area contributed by atoms with Crippen molar-refractivity contribution in [2.45, 2.75) is 75.3 Å². The number of nitrogens with two attached hydrogens (primary N) is 1. The average Bonchev–Trinajstić information content (AvgIpc) is 3.02. The van der Waals surface area contributed by atoms with Crippen molar-refractivity contribution >= 4 is 29.2 Å². The van der Waals surface area contributed by atoms with E-state index in [1.807, 2.05) is 0 Å². The molecule has 5 rings (SSSR count).